The summed E-state index contributed by atoms with van der Waals surface area (Å²) in [5, 5.41) is 0. The van der Waals surface area contributed by atoms with E-state index in [2.05, 4.69) is 62.8 Å². The zero-order valence-electron chi connectivity index (χ0n) is 35.8. The molecule has 12 heteroatoms. The Labute approximate surface area is 349 Å². The molecule has 4 N–H and O–H groups in total. The molecule has 3 unspecified atom stereocenters. The van der Waals surface area contributed by atoms with Gasteiger partial charge < -0.3 is 30.1 Å². The molecule has 1 aromatic carbocycles. The molecule has 4 aromatic rings. The van der Waals surface area contributed by atoms with Crippen LogP contribution in [0.2, 0.25) is 0 Å². The van der Waals surface area contributed by atoms with E-state index in [9.17, 15) is 19.2 Å². The fraction of sp³-hybridized carbons (Fsp3) is 0.375. The number of carbonyl (C=O) groups excluding carboxylic acids is 4. The molecule has 1 aliphatic carbocycles. The maximum absolute atomic E-state index is 14.1. The summed E-state index contributed by atoms with van der Waals surface area (Å²) in [7, 11) is 4.66. The summed E-state index contributed by atoms with van der Waals surface area (Å²) in [6.07, 6.45) is 4.82. The Kier molecular flexibility index (Phi) is 9.96. The van der Waals surface area contributed by atoms with E-state index < -0.39 is 28.7 Å². The number of aromatic nitrogens is 4. The van der Waals surface area contributed by atoms with E-state index in [-0.39, 0.29) is 25.2 Å². The number of allylic oxidation sites excluding steroid dienone is 2. The molecule has 6 heterocycles. The van der Waals surface area contributed by atoms with E-state index in [1.54, 1.807) is 6.07 Å². The van der Waals surface area contributed by atoms with E-state index in [0.717, 1.165) is 80.3 Å². The molecule has 3 aromatic heterocycles. The smallest absolute Gasteiger partial charge is 0.305 e. The zero-order valence-corrected chi connectivity index (χ0v) is 35.8. The second-order valence-electron chi connectivity index (χ2n) is 16.6. The highest BCUT2D eigenvalue weighted by molar-refractivity contribution is 6.04. The summed E-state index contributed by atoms with van der Waals surface area (Å²) in [6.45, 7) is 12.6. The molecule has 8 rings (SSSR count). The second-order valence-corrected chi connectivity index (χ2v) is 16.6. The number of ether oxygens (including phenoxy) is 2. The lowest BCUT2D eigenvalue weighted by Gasteiger charge is -2.58. The Morgan fingerprint density at radius 2 is 1.52 bits per heavy atom. The minimum atomic E-state index is -1.13. The second kappa shape index (κ2) is 14.8. The lowest BCUT2D eigenvalue weighted by Crippen LogP contribution is -2.65. The number of rotatable bonds is 10. The molecule has 0 spiro atoms. The van der Waals surface area contributed by atoms with Crippen LogP contribution >= 0.6 is 0 Å². The van der Waals surface area contributed by atoms with Crippen molar-refractivity contribution in [2.24, 2.45) is 5.73 Å². The Hall–Kier alpha value is -6.30. The number of primary amides is 1. The number of amides is 1. The van der Waals surface area contributed by atoms with Crippen molar-refractivity contribution in [1.82, 2.24) is 19.9 Å². The predicted octanol–water partition coefficient (Wildman–Crippen LogP) is 7.65. The van der Waals surface area contributed by atoms with Gasteiger partial charge in [0.15, 0.2) is 0 Å². The van der Waals surface area contributed by atoms with Crippen molar-refractivity contribution in [2.45, 2.75) is 96.9 Å². The maximum Gasteiger partial charge on any atom is 0.305 e. The molecule has 0 saturated heterocycles. The normalized spacial score (nSPS) is 20.1. The molecule has 1 amide bonds. The van der Waals surface area contributed by atoms with E-state index in [1.807, 2.05) is 37.1 Å². The van der Waals surface area contributed by atoms with Crippen LogP contribution in [0.1, 0.15) is 120 Å². The zero-order chi connectivity index (χ0) is 43.0. The third-order valence-electron chi connectivity index (χ3n) is 14.0. The number of methoxy groups -OCH3 is 2. The molecule has 310 valence electrons. The first-order chi connectivity index (χ1) is 28.7. The van der Waals surface area contributed by atoms with E-state index in [0.29, 0.717) is 45.9 Å². The number of aromatic amines is 2. The van der Waals surface area contributed by atoms with Crippen molar-refractivity contribution in [1.29, 1.82) is 0 Å². The van der Waals surface area contributed by atoms with Gasteiger partial charge in [0.05, 0.1) is 53.9 Å². The summed E-state index contributed by atoms with van der Waals surface area (Å²) in [5.41, 5.74) is 19.9. The standard InChI is InChI=1S/C48H52N6O6/c1-10-28-24(3)34-20-36-26(5)30(13-15-41(56)59-8)43(52-36)31-19-32(46(49)58)45-48(17-16-42(57)60-9)44(31)53-40(22-38-29(11-2)25(4)35(51-38)21-37(28)50-34)47(48,6)33-18-27(23-55)12-14-39(33)54(45)7/h12,14,18-23,45,50-51H,10-11,13,15-17H2,1-9H3,(H2,49,58). The molecule has 12 nitrogen and oxygen atoms in total. The van der Waals surface area contributed by atoms with Crippen LogP contribution in [0.3, 0.4) is 0 Å². The fourth-order valence-electron chi connectivity index (χ4n) is 10.8. The van der Waals surface area contributed by atoms with Crippen LogP contribution in [0.25, 0.3) is 39.3 Å². The van der Waals surface area contributed by atoms with Crippen LogP contribution in [0.5, 0.6) is 0 Å². The number of fused-ring (bicyclic) bond motifs is 11. The summed E-state index contributed by atoms with van der Waals surface area (Å²) in [6, 6.07) is 11.2. The van der Waals surface area contributed by atoms with Crippen molar-refractivity contribution in [3.05, 3.63) is 104 Å². The molecule has 0 fully saturated rings. The maximum atomic E-state index is 14.1. The summed E-state index contributed by atoms with van der Waals surface area (Å²) in [5.74, 6) is -1.41. The number of nitrogens with one attached hydrogen (secondary N) is 2. The van der Waals surface area contributed by atoms with Gasteiger partial charge in [-0.05, 0) is 135 Å². The van der Waals surface area contributed by atoms with Crippen LogP contribution in [0.4, 0.5) is 5.69 Å². The minimum Gasteiger partial charge on any atom is -0.469 e. The van der Waals surface area contributed by atoms with Gasteiger partial charge in [0, 0.05) is 64.3 Å². The number of nitrogens with two attached hydrogens (primary N) is 1. The fourth-order valence-corrected chi connectivity index (χ4v) is 10.8. The third-order valence-corrected chi connectivity index (χ3v) is 14.0. The van der Waals surface area contributed by atoms with Gasteiger partial charge in [-0.1, -0.05) is 13.8 Å². The molecule has 60 heavy (non-hydrogen) atoms. The van der Waals surface area contributed by atoms with Gasteiger partial charge in [0.25, 0.3) is 0 Å². The first kappa shape index (κ1) is 40.5. The monoisotopic (exact) mass is 808 g/mol. The van der Waals surface area contributed by atoms with Gasteiger partial charge >= 0.3 is 11.9 Å². The van der Waals surface area contributed by atoms with Crippen molar-refractivity contribution < 1.29 is 28.7 Å². The highest BCUT2D eigenvalue weighted by Gasteiger charge is 2.67. The lowest BCUT2D eigenvalue weighted by atomic mass is 9.49. The highest BCUT2D eigenvalue weighted by Crippen LogP contribution is 2.65. The Balaban J connectivity index is 1.65. The SMILES string of the molecule is CCc1c(C)c2cc3[nH]c(cc4nc(c5c6nc(cc1[nH]2)C1(C)c2cc(C=O)ccc2N(C)C(C(C(N)=O)=C5)C61CCC(=O)OC)C(CCC(=O)OC)=C4C)c(C)c3CC. The number of hydrogen-bond acceptors (Lipinski definition) is 9. The third kappa shape index (κ3) is 5.70. The van der Waals surface area contributed by atoms with Crippen molar-refractivity contribution in [3.8, 4) is 0 Å². The summed E-state index contributed by atoms with van der Waals surface area (Å²) < 4.78 is 10.4. The van der Waals surface area contributed by atoms with Crippen molar-refractivity contribution in [3.63, 3.8) is 0 Å². The number of aldehydes is 1. The molecule has 0 saturated carbocycles. The quantitative estimate of drug-likeness (QED) is 0.107. The number of carbonyl (C=O) groups is 4. The van der Waals surface area contributed by atoms with Gasteiger partial charge in [-0.2, -0.15) is 0 Å². The number of aryl methyl sites for hydroxylation is 4. The number of H-pyrrole nitrogens is 2. The Morgan fingerprint density at radius 3 is 2.13 bits per heavy atom. The van der Waals surface area contributed by atoms with Gasteiger partial charge in [0.2, 0.25) is 5.91 Å². The van der Waals surface area contributed by atoms with E-state index in [4.69, 9.17) is 25.2 Å². The van der Waals surface area contributed by atoms with Crippen LogP contribution in [-0.4, -0.2) is 71.4 Å². The average Bonchev–Trinajstić information content (AvgIpc) is 3.90. The van der Waals surface area contributed by atoms with Crippen LogP contribution in [0.15, 0.2) is 42.0 Å². The van der Waals surface area contributed by atoms with Crippen LogP contribution in [0, 0.1) is 13.8 Å². The topological polar surface area (TPSA) is 173 Å². The van der Waals surface area contributed by atoms with Gasteiger partial charge in [-0.15, -0.1) is 0 Å². The molecular formula is C48H52N6O6. The molecular weight excluding hydrogens is 757 g/mol. The molecule has 3 aliphatic heterocycles. The van der Waals surface area contributed by atoms with Crippen molar-refractivity contribution in [2.75, 3.05) is 26.2 Å². The van der Waals surface area contributed by atoms with Crippen molar-refractivity contribution >= 4 is 69.1 Å². The predicted molar refractivity (Wildman–Crippen MR) is 234 cm³/mol. The molecule has 4 aliphatic rings. The number of anilines is 1. The molecule has 3 atom stereocenters. The first-order valence-electron chi connectivity index (χ1n) is 20.6. The highest BCUT2D eigenvalue weighted by atomic mass is 16.5. The number of esters is 2. The number of likely N-dealkylation sites (N-methyl/N-ethyl adjacent to an activating group) is 1. The largest absolute Gasteiger partial charge is 0.469 e. The first-order valence-corrected chi connectivity index (χ1v) is 20.6. The van der Waals surface area contributed by atoms with Gasteiger partial charge in [-0.25, -0.2) is 4.98 Å². The number of nitrogens with zero attached hydrogens (tertiary/aromatic N) is 3. The summed E-state index contributed by atoms with van der Waals surface area (Å²) in [4.78, 5) is 73.3. The minimum absolute atomic E-state index is 0.00134. The van der Waals surface area contributed by atoms with Gasteiger partial charge in [-0.3, -0.25) is 24.2 Å². The number of benzene rings is 1. The Morgan fingerprint density at radius 1 is 0.883 bits per heavy atom. The lowest BCUT2D eigenvalue weighted by molar-refractivity contribution is -0.141. The van der Waals surface area contributed by atoms with Gasteiger partial charge in [0.1, 0.15) is 6.29 Å². The average molecular weight is 809 g/mol. The van der Waals surface area contributed by atoms with E-state index >= 15 is 0 Å². The molecule has 0 radical (unpaired) electrons. The van der Waals surface area contributed by atoms with E-state index in [1.165, 1.54) is 19.8 Å². The van der Waals surface area contributed by atoms with Crippen LogP contribution < -0.4 is 10.6 Å². The summed E-state index contributed by atoms with van der Waals surface area (Å²) >= 11 is 0. The Bertz CT molecular complexity index is 2790. The molecule has 8 bridgehead atoms. The number of hydrogen-bond donors (Lipinski definition) is 3. The van der Waals surface area contributed by atoms with Crippen LogP contribution in [-0.2, 0) is 47.5 Å².